The molecule has 2 aliphatic rings. The Labute approximate surface area is 159 Å². The monoisotopic (exact) mass is 363 g/mol. The van der Waals surface area contributed by atoms with Crippen molar-refractivity contribution in [1.29, 1.82) is 0 Å². The summed E-state index contributed by atoms with van der Waals surface area (Å²) in [4.78, 5) is 27.0. The molecule has 4 rings (SSSR count). The van der Waals surface area contributed by atoms with E-state index in [0.717, 1.165) is 32.2 Å². The summed E-state index contributed by atoms with van der Waals surface area (Å²) in [5, 5.41) is 5.92. The Balaban J connectivity index is 1.35. The van der Waals surface area contributed by atoms with E-state index in [1.807, 2.05) is 24.3 Å². The van der Waals surface area contributed by atoms with Crippen molar-refractivity contribution < 1.29 is 9.59 Å². The number of carbonyl (C=O) groups excluding carboxylic acids is 2. The first-order valence-electron chi connectivity index (χ1n) is 9.66. The molecule has 2 saturated carbocycles. The van der Waals surface area contributed by atoms with E-state index in [2.05, 4.69) is 27.7 Å². The van der Waals surface area contributed by atoms with Gasteiger partial charge in [-0.25, -0.2) is 0 Å². The molecule has 2 aromatic carbocycles. The Kier molecular flexibility index (Phi) is 5.21. The lowest BCUT2D eigenvalue weighted by Crippen LogP contribution is -2.34. The van der Waals surface area contributed by atoms with Crippen molar-refractivity contribution in [3.8, 4) is 0 Å². The molecular formula is C22H25N3O2. The van der Waals surface area contributed by atoms with E-state index < -0.39 is 0 Å². The number of amides is 2. The molecule has 0 bridgehead atoms. The molecule has 2 aliphatic carbocycles. The number of benzene rings is 2. The molecule has 0 aliphatic heterocycles. The minimum absolute atomic E-state index is 0.0439. The van der Waals surface area contributed by atoms with Gasteiger partial charge in [0.05, 0.1) is 6.54 Å². The molecule has 0 heterocycles. The van der Waals surface area contributed by atoms with Crippen molar-refractivity contribution in [3.63, 3.8) is 0 Å². The van der Waals surface area contributed by atoms with E-state index in [0.29, 0.717) is 29.9 Å². The third-order valence-electron chi connectivity index (χ3n) is 4.96. The number of nitrogens with one attached hydrogen (secondary N) is 2. The maximum absolute atomic E-state index is 12.6. The summed E-state index contributed by atoms with van der Waals surface area (Å²) in [6, 6.07) is 18.2. The smallest absolute Gasteiger partial charge is 0.251 e. The van der Waals surface area contributed by atoms with Crippen molar-refractivity contribution in [2.45, 2.75) is 44.3 Å². The molecule has 0 spiro atoms. The first-order valence-corrected chi connectivity index (χ1v) is 9.66. The highest BCUT2D eigenvalue weighted by atomic mass is 16.2. The van der Waals surface area contributed by atoms with Gasteiger partial charge in [-0.05, 0) is 49.4 Å². The zero-order valence-corrected chi connectivity index (χ0v) is 15.4. The molecule has 140 valence electrons. The third-order valence-corrected chi connectivity index (χ3v) is 4.96. The van der Waals surface area contributed by atoms with Crippen LogP contribution in [0.25, 0.3) is 0 Å². The van der Waals surface area contributed by atoms with E-state index >= 15 is 0 Å². The zero-order valence-electron chi connectivity index (χ0n) is 15.4. The van der Waals surface area contributed by atoms with Gasteiger partial charge in [-0.3, -0.25) is 14.5 Å². The number of hydrogen-bond donors (Lipinski definition) is 2. The average Bonchev–Trinajstić information content (AvgIpc) is 3.56. The Morgan fingerprint density at radius 1 is 0.963 bits per heavy atom. The summed E-state index contributed by atoms with van der Waals surface area (Å²) in [6.45, 7) is 1.14. The van der Waals surface area contributed by atoms with Gasteiger partial charge in [-0.1, -0.05) is 36.4 Å². The number of hydrogen-bond acceptors (Lipinski definition) is 3. The van der Waals surface area contributed by atoms with Gasteiger partial charge < -0.3 is 10.6 Å². The summed E-state index contributed by atoms with van der Waals surface area (Å²) in [5.74, 6) is -0.116. The molecule has 0 unspecified atom stereocenters. The van der Waals surface area contributed by atoms with Crippen molar-refractivity contribution in [2.75, 3.05) is 11.9 Å². The van der Waals surface area contributed by atoms with E-state index in [4.69, 9.17) is 0 Å². The van der Waals surface area contributed by atoms with Crippen LogP contribution in [0, 0.1) is 0 Å². The molecule has 2 aromatic rings. The van der Waals surface area contributed by atoms with Gasteiger partial charge in [0.1, 0.15) is 0 Å². The molecule has 5 nitrogen and oxygen atoms in total. The first kappa shape index (κ1) is 17.7. The molecule has 5 heteroatoms. The topological polar surface area (TPSA) is 61.4 Å². The van der Waals surface area contributed by atoms with Gasteiger partial charge in [0.2, 0.25) is 5.91 Å². The number of nitrogens with zero attached hydrogens (tertiary/aromatic N) is 1. The summed E-state index contributed by atoms with van der Waals surface area (Å²) < 4.78 is 0. The predicted molar refractivity (Wildman–Crippen MR) is 105 cm³/mol. The normalized spacial score (nSPS) is 16.2. The van der Waals surface area contributed by atoms with Crippen LogP contribution in [0.5, 0.6) is 0 Å². The molecule has 0 saturated heterocycles. The highest BCUT2D eigenvalue weighted by Gasteiger charge is 2.30. The Hall–Kier alpha value is -2.66. The van der Waals surface area contributed by atoms with Gasteiger partial charge in [0.25, 0.3) is 5.91 Å². The minimum Gasteiger partial charge on any atom is -0.349 e. The zero-order chi connectivity index (χ0) is 18.6. The molecule has 2 fully saturated rings. The van der Waals surface area contributed by atoms with Gasteiger partial charge in [0.15, 0.2) is 0 Å². The number of carbonyl (C=O) groups is 2. The van der Waals surface area contributed by atoms with E-state index in [1.54, 1.807) is 18.2 Å². The minimum atomic E-state index is -0.0720. The van der Waals surface area contributed by atoms with Gasteiger partial charge in [-0.2, -0.15) is 0 Å². The second-order valence-electron chi connectivity index (χ2n) is 7.50. The lowest BCUT2D eigenvalue weighted by Gasteiger charge is -2.21. The van der Waals surface area contributed by atoms with Crippen LogP contribution in [0.4, 0.5) is 5.69 Å². The van der Waals surface area contributed by atoms with Crippen LogP contribution in [0.3, 0.4) is 0 Å². The summed E-state index contributed by atoms with van der Waals surface area (Å²) in [6.07, 6.45) is 4.41. The molecular weight excluding hydrogens is 338 g/mol. The molecule has 0 aromatic heterocycles. The van der Waals surface area contributed by atoms with Gasteiger partial charge >= 0.3 is 0 Å². The number of anilines is 1. The van der Waals surface area contributed by atoms with Crippen molar-refractivity contribution in [3.05, 3.63) is 65.7 Å². The van der Waals surface area contributed by atoms with E-state index in [-0.39, 0.29) is 11.8 Å². The van der Waals surface area contributed by atoms with Crippen LogP contribution >= 0.6 is 0 Å². The molecule has 0 atom stereocenters. The predicted octanol–water partition coefficient (Wildman–Crippen LogP) is 3.18. The Morgan fingerprint density at radius 2 is 1.74 bits per heavy atom. The lowest BCUT2D eigenvalue weighted by molar-refractivity contribution is -0.117. The maximum atomic E-state index is 12.6. The highest BCUT2D eigenvalue weighted by molar-refractivity contribution is 5.97. The quantitative estimate of drug-likeness (QED) is 0.757. The Morgan fingerprint density at radius 3 is 2.44 bits per heavy atom. The second-order valence-corrected chi connectivity index (χ2v) is 7.50. The molecule has 2 N–H and O–H groups in total. The van der Waals surface area contributed by atoms with Crippen LogP contribution in [0.2, 0.25) is 0 Å². The van der Waals surface area contributed by atoms with Gasteiger partial charge in [0, 0.05) is 29.9 Å². The number of rotatable bonds is 8. The molecule has 27 heavy (non-hydrogen) atoms. The lowest BCUT2D eigenvalue weighted by atomic mass is 10.2. The standard InChI is InChI=1S/C22H25N3O2/c26-21(15-25(20-11-12-20)14-16-5-2-1-3-6-16)23-19-8-4-7-17(13-19)22(27)24-18-9-10-18/h1-8,13,18,20H,9-12,14-15H2,(H,23,26)(H,24,27). The largest absolute Gasteiger partial charge is 0.349 e. The van der Waals surface area contributed by atoms with Crippen molar-refractivity contribution >= 4 is 17.5 Å². The first-order chi connectivity index (χ1) is 13.2. The van der Waals surface area contributed by atoms with Crippen LogP contribution < -0.4 is 10.6 Å². The molecule has 0 radical (unpaired) electrons. The van der Waals surface area contributed by atoms with Crippen molar-refractivity contribution in [1.82, 2.24) is 10.2 Å². The van der Waals surface area contributed by atoms with Crippen LogP contribution in [-0.2, 0) is 11.3 Å². The summed E-state index contributed by atoms with van der Waals surface area (Å²) >= 11 is 0. The third kappa shape index (κ3) is 5.17. The SMILES string of the molecule is O=C(CN(Cc1ccccc1)C1CC1)Nc1cccc(C(=O)NC2CC2)c1. The average molecular weight is 363 g/mol. The van der Waals surface area contributed by atoms with Crippen molar-refractivity contribution in [2.24, 2.45) is 0 Å². The fourth-order valence-corrected chi connectivity index (χ4v) is 3.19. The van der Waals surface area contributed by atoms with E-state index in [1.165, 1.54) is 5.56 Å². The fraction of sp³-hybridized carbons (Fsp3) is 0.364. The van der Waals surface area contributed by atoms with Crippen LogP contribution in [0.1, 0.15) is 41.6 Å². The highest BCUT2D eigenvalue weighted by Crippen LogP contribution is 2.28. The maximum Gasteiger partial charge on any atom is 0.251 e. The van der Waals surface area contributed by atoms with Crippen LogP contribution in [0.15, 0.2) is 54.6 Å². The summed E-state index contributed by atoms with van der Waals surface area (Å²) in [7, 11) is 0. The van der Waals surface area contributed by atoms with E-state index in [9.17, 15) is 9.59 Å². The second kappa shape index (κ2) is 7.92. The fourth-order valence-electron chi connectivity index (χ4n) is 3.19. The Bertz CT molecular complexity index is 813. The van der Waals surface area contributed by atoms with Crippen LogP contribution in [-0.4, -0.2) is 35.3 Å². The summed E-state index contributed by atoms with van der Waals surface area (Å²) in [5.41, 5.74) is 2.47. The molecule has 2 amide bonds. The van der Waals surface area contributed by atoms with Gasteiger partial charge in [-0.15, -0.1) is 0 Å².